The normalized spacial score (nSPS) is 19.7. The molecule has 6 rings (SSSR count). The largest absolute Gasteiger partial charge is 0.339 e. The highest BCUT2D eigenvalue weighted by Gasteiger charge is 2.41. The number of nitrogens with zero attached hydrogens (tertiary/aromatic N) is 5. The molecule has 0 bridgehead atoms. The summed E-state index contributed by atoms with van der Waals surface area (Å²) >= 11 is 0. The van der Waals surface area contributed by atoms with Gasteiger partial charge >= 0.3 is 0 Å². The monoisotopic (exact) mass is 646 g/mol. The number of halogens is 1. The standard InChI is InChI=1S/C34H39FN6O4S/c1-23-31(24(2)38-22-37-23)33(43)41-20-26-18-39(19-27(26)21-41)13-10-34(28-7-5-8-29(35)17-28)11-14-40(15-12-34)32(42)25-6-4-9-30(16-25)46(44,45)36-3/h4-9,16-17,20,22,27,36H,10-15,18-19,21H2,1-3H3. The van der Waals surface area contributed by atoms with Gasteiger partial charge < -0.3 is 9.80 Å². The second-order valence-electron chi connectivity index (χ2n) is 12.6. The predicted molar refractivity (Wildman–Crippen MR) is 171 cm³/mol. The van der Waals surface area contributed by atoms with Crippen molar-refractivity contribution in [1.29, 1.82) is 0 Å². The van der Waals surface area contributed by atoms with E-state index in [1.54, 1.807) is 34.1 Å². The van der Waals surface area contributed by atoms with E-state index in [2.05, 4.69) is 19.6 Å². The van der Waals surface area contributed by atoms with E-state index in [0.29, 0.717) is 55.0 Å². The van der Waals surface area contributed by atoms with Crippen LogP contribution in [-0.2, 0) is 15.4 Å². The summed E-state index contributed by atoms with van der Waals surface area (Å²) in [6.45, 7) is 7.66. The van der Waals surface area contributed by atoms with Gasteiger partial charge in [-0.05, 0) is 93.6 Å². The zero-order valence-electron chi connectivity index (χ0n) is 26.4. The molecule has 2 saturated heterocycles. The lowest BCUT2D eigenvalue weighted by Gasteiger charge is -2.43. The van der Waals surface area contributed by atoms with E-state index in [1.165, 1.54) is 37.1 Å². The molecule has 0 spiro atoms. The molecule has 46 heavy (non-hydrogen) atoms. The molecule has 0 aliphatic carbocycles. The van der Waals surface area contributed by atoms with Crippen LogP contribution in [0, 0.1) is 25.6 Å². The van der Waals surface area contributed by atoms with Crippen LogP contribution in [0.2, 0.25) is 0 Å². The summed E-state index contributed by atoms with van der Waals surface area (Å²) in [6, 6.07) is 12.9. The number of piperidine rings is 1. The van der Waals surface area contributed by atoms with Gasteiger partial charge in [0.15, 0.2) is 0 Å². The summed E-state index contributed by atoms with van der Waals surface area (Å²) in [5.74, 6) is -0.295. The molecule has 10 nitrogen and oxygen atoms in total. The average Bonchev–Trinajstić information content (AvgIpc) is 3.63. The highest BCUT2D eigenvalue weighted by atomic mass is 32.2. The van der Waals surface area contributed by atoms with E-state index in [0.717, 1.165) is 31.6 Å². The first-order valence-electron chi connectivity index (χ1n) is 15.6. The predicted octanol–water partition coefficient (Wildman–Crippen LogP) is 3.68. The number of sulfonamides is 1. The molecule has 1 N–H and O–H groups in total. The number of rotatable bonds is 8. The van der Waals surface area contributed by atoms with Crippen LogP contribution in [0.4, 0.5) is 4.39 Å². The van der Waals surface area contributed by atoms with Crippen molar-refractivity contribution in [2.45, 2.75) is 43.4 Å². The molecule has 242 valence electrons. The second-order valence-corrected chi connectivity index (χ2v) is 14.5. The lowest BCUT2D eigenvalue weighted by atomic mass is 9.70. The summed E-state index contributed by atoms with van der Waals surface area (Å²) in [6.07, 6.45) is 5.60. The molecule has 0 radical (unpaired) electrons. The molecule has 12 heteroatoms. The Bertz CT molecular complexity index is 1780. The highest BCUT2D eigenvalue weighted by molar-refractivity contribution is 7.89. The van der Waals surface area contributed by atoms with E-state index < -0.39 is 10.0 Å². The minimum absolute atomic E-state index is 0.0456. The van der Waals surface area contributed by atoms with Crippen LogP contribution < -0.4 is 4.72 Å². The van der Waals surface area contributed by atoms with Crippen LogP contribution in [0.5, 0.6) is 0 Å². The molecule has 2 amide bonds. The number of aromatic nitrogens is 2. The van der Waals surface area contributed by atoms with E-state index in [4.69, 9.17) is 0 Å². The lowest BCUT2D eigenvalue weighted by Crippen LogP contribution is -2.46. The molecule has 2 aromatic carbocycles. The minimum atomic E-state index is -3.68. The topological polar surface area (TPSA) is 116 Å². The Morgan fingerprint density at radius 2 is 1.72 bits per heavy atom. The fraction of sp³-hybridized carbons (Fsp3) is 0.412. The van der Waals surface area contributed by atoms with Gasteiger partial charge in [-0.25, -0.2) is 27.5 Å². The number of likely N-dealkylation sites (tertiary alicyclic amines) is 2. The maximum atomic E-state index is 14.5. The Morgan fingerprint density at radius 3 is 2.39 bits per heavy atom. The van der Waals surface area contributed by atoms with Crippen LogP contribution in [0.3, 0.4) is 0 Å². The Balaban J connectivity index is 1.13. The van der Waals surface area contributed by atoms with Crippen LogP contribution >= 0.6 is 0 Å². The molecule has 4 heterocycles. The van der Waals surface area contributed by atoms with Crippen molar-refractivity contribution in [3.8, 4) is 0 Å². The molecule has 2 fully saturated rings. The molecule has 1 unspecified atom stereocenters. The fourth-order valence-corrected chi connectivity index (χ4v) is 7.93. The highest BCUT2D eigenvalue weighted by Crippen LogP contribution is 2.41. The third-order valence-corrected chi connectivity index (χ3v) is 11.3. The summed E-state index contributed by atoms with van der Waals surface area (Å²) in [5, 5.41) is 0. The Labute approximate surface area is 269 Å². The minimum Gasteiger partial charge on any atom is -0.339 e. The van der Waals surface area contributed by atoms with Gasteiger partial charge in [-0.1, -0.05) is 18.2 Å². The zero-order chi connectivity index (χ0) is 32.6. The van der Waals surface area contributed by atoms with Crippen molar-refractivity contribution < 1.29 is 22.4 Å². The van der Waals surface area contributed by atoms with Crippen molar-refractivity contribution in [3.63, 3.8) is 0 Å². The third-order valence-electron chi connectivity index (χ3n) is 9.86. The van der Waals surface area contributed by atoms with Gasteiger partial charge in [-0.3, -0.25) is 14.5 Å². The maximum absolute atomic E-state index is 14.5. The van der Waals surface area contributed by atoms with Gasteiger partial charge in [0.25, 0.3) is 11.8 Å². The molecule has 1 atom stereocenters. The summed E-state index contributed by atoms with van der Waals surface area (Å²) in [4.78, 5) is 41.2. The van der Waals surface area contributed by atoms with E-state index in [9.17, 15) is 22.4 Å². The van der Waals surface area contributed by atoms with Gasteiger partial charge in [-0.2, -0.15) is 0 Å². The first-order valence-corrected chi connectivity index (χ1v) is 17.1. The molecule has 3 aromatic rings. The van der Waals surface area contributed by atoms with Gasteiger partial charge in [0.2, 0.25) is 10.0 Å². The van der Waals surface area contributed by atoms with E-state index in [1.807, 2.05) is 26.1 Å². The Kier molecular flexibility index (Phi) is 8.79. The van der Waals surface area contributed by atoms with E-state index in [-0.39, 0.29) is 33.9 Å². The second kappa shape index (κ2) is 12.7. The van der Waals surface area contributed by atoms with E-state index >= 15 is 0 Å². The van der Waals surface area contributed by atoms with Crippen molar-refractivity contribution >= 4 is 21.8 Å². The van der Waals surface area contributed by atoms with Crippen LogP contribution in [0.1, 0.15) is 56.9 Å². The first-order chi connectivity index (χ1) is 22.0. The van der Waals surface area contributed by atoms with Gasteiger partial charge in [0, 0.05) is 50.4 Å². The molecule has 3 aliphatic rings. The van der Waals surface area contributed by atoms with Crippen LogP contribution in [0.15, 0.2) is 71.5 Å². The summed E-state index contributed by atoms with van der Waals surface area (Å²) in [7, 11) is -2.34. The smallest absolute Gasteiger partial charge is 0.261 e. The number of carbonyl (C=O) groups is 2. The lowest BCUT2D eigenvalue weighted by molar-refractivity contribution is 0.0650. The van der Waals surface area contributed by atoms with Crippen molar-refractivity contribution in [2.24, 2.45) is 5.92 Å². The van der Waals surface area contributed by atoms with Crippen molar-refractivity contribution in [1.82, 2.24) is 29.4 Å². The molecular formula is C34H39FN6O4S. The Hall–Kier alpha value is -4.00. The zero-order valence-corrected chi connectivity index (χ0v) is 27.2. The third kappa shape index (κ3) is 6.21. The van der Waals surface area contributed by atoms with Crippen LogP contribution in [-0.4, -0.2) is 91.2 Å². The number of carbonyl (C=O) groups excluding carboxylic acids is 2. The van der Waals surface area contributed by atoms with Gasteiger partial charge in [0.1, 0.15) is 12.1 Å². The molecule has 1 aromatic heterocycles. The van der Waals surface area contributed by atoms with Gasteiger partial charge in [-0.15, -0.1) is 0 Å². The number of aryl methyl sites for hydroxylation is 2. The number of fused-ring (bicyclic) bond motifs is 1. The molecule has 0 saturated carbocycles. The van der Waals surface area contributed by atoms with Gasteiger partial charge in [0.05, 0.1) is 21.8 Å². The summed E-state index contributed by atoms with van der Waals surface area (Å²) < 4.78 is 41.4. The molecular weight excluding hydrogens is 607 g/mol. The number of hydrogen-bond donors (Lipinski definition) is 1. The number of nitrogens with one attached hydrogen (secondary N) is 1. The average molecular weight is 647 g/mol. The van der Waals surface area contributed by atoms with Crippen molar-refractivity contribution in [2.75, 3.05) is 46.3 Å². The van der Waals surface area contributed by atoms with Crippen molar-refractivity contribution in [3.05, 3.63) is 101 Å². The van der Waals surface area contributed by atoms with Crippen LogP contribution in [0.25, 0.3) is 0 Å². The Morgan fingerprint density at radius 1 is 1.00 bits per heavy atom. The summed E-state index contributed by atoms with van der Waals surface area (Å²) in [5.41, 5.74) is 4.11. The maximum Gasteiger partial charge on any atom is 0.261 e. The number of amides is 2. The first kappa shape index (κ1) is 32.0. The number of hydrogen-bond acceptors (Lipinski definition) is 7. The number of benzene rings is 2. The quantitative estimate of drug-likeness (QED) is 0.397. The molecule has 3 aliphatic heterocycles. The fourth-order valence-electron chi connectivity index (χ4n) is 7.16. The SMILES string of the molecule is CNS(=O)(=O)c1cccc(C(=O)N2CCC(CCN3CC4=CN(C(=O)c5c(C)ncnc5C)CC4C3)(c3cccc(F)c3)CC2)c1.